The van der Waals surface area contributed by atoms with E-state index < -0.39 is 12.3 Å². The molecule has 9 heteroatoms. The molecule has 1 N–H and O–H groups in total. The zero-order valence-corrected chi connectivity index (χ0v) is 21.2. The zero-order valence-electron chi connectivity index (χ0n) is 21.2. The molecule has 2 atom stereocenters. The molecule has 2 fully saturated rings. The molecule has 1 aromatic heterocycles. The van der Waals surface area contributed by atoms with Crippen LogP contribution in [-0.2, 0) is 24.2 Å². The lowest BCUT2D eigenvalue weighted by molar-refractivity contribution is -0.132. The van der Waals surface area contributed by atoms with Gasteiger partial charge in [0.25, 0.3) is 5.91 Å². The number of aromatic nitrogens is 2. The Kier molecular flexibility index (Phi) is 7.01. The van der Waals surface area contributed by atoms with Crippen LogP contribution in [0.3, 0.4) is 0 Å². The molecule has 2 aliphatic heterocycles. The van der Waals surface area contributed by atoms with Crippen molar-refractivity contribution in [1.82, 2.24) is 19.6 Å². The van der Waals surface area contributed by atoms with Crippen molar-refractivity contribution in [1.29, 1.82) is 0 Å². The van der Waals surface area contributed by atoms with Crippen LogP contribution in [0.4, 0.5) is 10.1 Å². The fraction of sp³-hybridized carbons (Fsp3) is 0.593. The van der Waals surface area contributed by atoms with Crippen molar-refractivity contribution in [2.24, 2.45) is 0 Å². The average molecular weight is 498 g/mol. The van der Waals surface area contributed by atoms with E-state index in [-0.39, 0.29) is 31.3 Å². The van der Waals surface area contributed by atoms with E-state index in [1.807, 2.05) is 4.90 Å². The Morgan fingerprint density at radius 3 is 2.56 bits per heavy atom. The van der Waals surface area contributed by atoms with Gasteiger partial charge >= 0.3 is 0 Å². The van der Waals surface area contributed by atoms with E-state index in [1.165, 1.54) is 21.7 Å². The number of carbonyl (C=O) groups is 2. The number of aliphatic hydroxyl groups excluding tert-OH is 1. The molecule has 0 saturated carbocycles. The monoisotopic (exact) mass is 497 g/mol. The molecule has 0 unspecified atom stereocenters. The normalized spacial score (nSPS) is 22.5. The summed E-state index contributed by atoms with van der Waals surface area (Å²) in [5.74, 6) is -0.286. The number of aliphatic hydroxyl groups is 1. The van der Waals surface area contributed by atoms with Gasteiger partial charge in [0.2, 0.25) is 5.91 Å². The summed E-state index contributed by atoms with van der Waals surface area (Å²) < 4.78 is 15.8. The molecule has 0 spiro atoms. The topological polar surface area (TPSA) is 81.9 Å². The van der Waals surface area contributed by atoms with Gasteiger partial charge in [0.05, 0.1) is 12.6 Å². The number of halogens is 1. The predicted octanol–water partition coefficient (Wildman–Crippen LogP) is 2.27. The molecule has 5 rings (SSSR count). The van der Waals surface area contributed by atoms with E-state index in [9.17, 15) is 19.1 Å². The molecule has 3 heterocycles. The number of nitrogens with zero attached hydrogens (tertiary/aromatic N) is 5. The second-order valence-electron chi connectivity index (χ2n) is 10.3. The first-order valence-corrected chi connectivity index (χ1v) is 13.1. The summed E-state index contributed by atoms with van der Waals surface area (Å²) in [7, 11) is 0. The standard InChI is InChI=1S/C27H36FN5O3/c1-18-6-5-9-22(19(18)2)30-12-14-31(15-13-30)25(35)17-33-23-8-4-3-7-20(23)26(29-33)27(36)32-11-10-24(34)21(28)16-32/h5-6,9,21,24,34H,3-4,7-8,10-17H2,1-2H3/t21-,24-/m1/s1. The number of rotatable bonds is 4. The van der Waals surface area contributed by atoms with Gasteiger partial charge in [0.1, 0.15) is 12.7 Å². The van der Waals surface area contributed by atoms with Crippen LogP contribution >= 0.6 is 0 Å². The number of aryl methyl sites for hydroxylation is 1. The van der Waals surface area contributed by atoms with Gasteiger partial charge in [0, 0.05) is 49.7 Å². The Morgan fingerprint density at radius 2 is 1.81 bits per heavy atom. The van der Waals surface area contributed by atoms with Crippen molar-refractivity contribution in [3.63, 3.8) is 0 Å². The molecule has 194 valence electrons. The molecule has 0 radical (unpaired) electrons. The van der Waals surface area contributed by atoms with Crippen LogP contribution in [0.2, 0.25) is 0 Å². The second kappa shape index (κ2) is 10.2. The highest BCUT2D eigenvalue weighted by atomic mass is 19.1. The molecule has 0 bridgehead atoms. The van der Waals surface area contributed by atoms with Crippen molar-refractivity contribution in [3.8, 4) is 0 Å². The number of likely N-dealkylation sites (tertiary alicyclic amines) is 1. The number of carbonyl (C=O) groups excluding carboxylic acids is 2. The number of piperidine rings is 1. The van der Waals surface area contributed by atoms with E-state index in [4.69, 9.17) is 0 Å². The van der Waals surface area contributed by atoms with Crippen molar-refractivity contribution in [2.45, 2.75) is 64.8 Å². The number of amides is 2. The molecule has 1 aromatic carbocycles. The van der Waals surface area contributed by atoms with Gasteiger partial charge in [-0.25, -0.2) is 4.39 Å². The molecule has 1 aliphatic carbocycles. The number of fused-ring (bicyclic) bond motifs is 1. The smallest absolute Gasteiger partial charge is 0.274 e. The summed E-state index contributed by atoms with van der Waals surface area (Å²) in [4.78, 5) is 32.2. The van der Waals surface area contributed by atoms with E-state index in [0.29, 0.717) is 25.3 Å². The van der Waals surface area contributed by atoms with Crippen molar-refractivity contribution in [2.75, 3.05) is 44.2 Å². The van der Waals surface area contributed by atoms with Crippen LogP contribution in [0.15, 0.2) is 18.2 Å². The van der Waals surface area contributed by atoms with Crippen molar-refractivity contribution in [3.05, 3.63) is 46.3 Å². The van der Waals surface area contributed by atoms with Gasteiger partial charge in [-0.05, 0) is 63.1 Å². The Labute approximate surface area is 211 Å². The molecular weight excluding hydrogens is 461 g/mol. The lowest BCUT2D eigenvalue weighted by Crippen LogP contribution is -2.50. The van der Waals surface area contributed by atoms with Gasteiger partial charge in [-0.2, -0.15) is 5.10 Å². The van der Waals surface area contributed by atoms with E-state index in [1.54, 1.807) is 4.68 Å². The van der Waals surface area contributed by atoms with Crippen LogP contribution < -0.4 is 4.90 Å². The summed E-state index contributed by atoms with van der Waals surface area (Å²) in [5, 5.41) is 14.3. The Hall–Kier alpha value is -2.94. The van der Waals surface area contributed by atoms with Crippen molar-refractivity contribution >= 4 is 17.5 Å². The Morgan fingerprint density at radius 1 is 1.06 bits per heavy atom. The quantitative estimate of drug-likeness (QED) is 0.701. The number of hydrogen-bond acceptors (Lipinski definition) is 5. The molecule has 2 saturated heterocycles. The molecule has 36 heavy (non-hydrogen) atoms. The minimum atomic E-state index is -1.44. The maximum absolute atomic E-state index is 14.1. The minimum absolute atomic E-state index is 0.00963. The van der Waals surface area contributed by atoms with Crippen LogP contribution in [0.1, 0.15) is 52.1 Å². The highest BCUT2D eigenvalue weighted by molar-refractivity contribution is 5.94. The number of alkyl halides is 1. The first-order valence-electron chi connectivity index (χ1n) is 13.1. The Bertz CT molecular complexity index is 1140. The summed E-state index contributed by atoms with van der Waals surface area (Å²) in [6, 6.07) is 6.34. The number of piperazine rings is 1. The van der Waals surface area contributed by atoms with Gasteiger partial charge in [0.15, 0.2) is 5.69 Å². The van der Waals surface area contributed by atoms with Gasteiger partial charge in [-0.3, -0.25) is 14.3 Å². The van der Waals surface area contributed by atoms with Crippen molar-refractivity contribution < 1.29 is 19.1 Å². The first-order chi connectivity index (χ1) is 17.3. The molecule has 2 amide bonds. The summed E-state index contributed by atoms with van der Waals surface area (Å²) >= 11 is 0. The zero-order chi connectivity index (χ0) is 25.4. The van der Waals surface area contributed by atoms with Gasteiger partial charge in [-0.1, -0.05) is 12.1 Å². The Balaban J connectivity index is 1.27. The highest BCUT2D eigenvalue weighted by Crippen LogP contribution is 2.28. The molecule has 2 aromatic rings. The largest absolute Gasteiger partial charge is 0.390 e. The van der Waals surface area contributed by atoms with E-state index >= 15 is 0 Å². The molecular formula is C27H36FN5O3. The number of benzene rings is 1. The minimum Gasteiger partial charge on any atom is -0.390 e. The fourth-order valence-corrected chi connectivity index (χ4v) is 5.70. The lowest BCUT2D eigenvalue weighted by atomic mass is 9.95. The third kappa shape index (κ3) is 4.73. The third-order valence-electron chi connectivity index (χ3n) is 8.09. The van der Waals surface area contributed by atoms with E-state index in [0.717, 1.165) is 50.0 Å². The van der Waals surface area contributed by atoms with Crippen LogP contribution in [-0.4, -0.2) is 88.0 Å². The fourth-order valence-electron chi connectivity index (χ4n) is 5.70. The van der Waals surface area contributed by atoms with Gasteiger partial charge < -0.3 is 19.8 Å². The van der Waals surface area contributed by atoms with Crippen LogP contribution in [0, 0.1) is 13.8 Å². The number of hydrogen-bond donors (Lipinski definition) is 1. The maximum atomic E-state index is 14.1. The average Bonchev–Trinajstić information content (AvgIpc) is 3.25. The second-order valence-corrected chi connectivity index (χ2v) is 10.3. The summed E-state index contributed by atoms with van der Waals surface area (Å²) in [6.45, 7) is 7.42. The number of anilines is 1. The SMILES string of the molecule is Cc1cccc(N2CCN(C(=O)Cn3nc(C(=O)N4CC[C@@H](O)[C@H](F)C4)c4c3CCCC4)CC2)c1C. The van der Waals surface area contributed by atoms with Crippen LogP contribution in [0.25, 0.3) is 0 Å². The third-order valence-corrected chi connectivity index (χ3v) is 8.09. The van der Waals surface area contributed by atoms with Crippen LogP contribution in [0.5, 0.6) is 0 Å². The molecule has 8 nitrogen and oxygen atoms in total. The maximum Gasteiger partial charge on any atom is 0.274 e. The predicted molar refractivity (Wildman–Crippen MR) is 135 cm³/mol. The lowest BCUT2D eigenvalue weighted by Gasteiger charge is -2.37. The van der Waals surface area contributed by atoms with E-state index in [2.05, 4.69) is 42.0 Å². The molecule has 3 aliphatic rings. The van der Waals surface area contributed by atoms with Gasteiger partial charge in [-0.15, -0.1) is 0 Å². The summed E-state index contributed by atoms with van der Waals surface area (Å²) in [6.07, 6.45) is 1.26. The summed E-state index contributed by atoms with van der Waals surface area (Å²) in [5.41, 5.74) is 5.98. The highest BCUT2D eigenvalue weighted by Gasteiger charge is 2.34. The first kappa shape index (κ1) is 24.7.